The smallest absolute Gasteiger partial charge is 0.251 e. The average molecular weight is 336 g/mol. The van der Waals surface area contributed by atoms with Crippen molar-refractivity contribution in [2.24, 2.45) is 0 Å². The number of rotatable bonds is 6. The van der Waals surface area contributed by atoms with Gasteiger partial charge in [0, 0.05) is 31.0 Å². The van der Waals surface area contributed by atoms with Crippen molar-refractivity contribution in [1.82, 2.24) is 15.3 Å². The van der Waals surface area contributed by atoms with Crippen LogP contribution in [0.2, 0.25) is 0 Å². The van der Waals surface area contributed by atoms with Crippen molar-refractivity contribution in [2.45, 2.75) is 20.0 Å². The van der Waals surface area contributed by atoms with Crippen LogP contribution in [0, 0.1) is 6.92 Å². The van der Waals surface area contributed by atoms with Gasteiger partial charge in [-0.2, -0.15) is 0 Å². The number of carbonyl (C=O) groups excluding carboxylic acids is 1. The molecule has 0 spiro atoms. The lowest BCUT2D eigenvalue weighted by Gasteiger charge is -2.22. The number of amides is 1. The number of furan rings is 1. The number of hydrogen-bond donors (Lipinski definition) is 1. The van der Waals surface area contributed by atoms with Gasteiger partial charge in [0.15, 0.2) is 0 Å². The van der Waals surface area contributed by atoms with Gasteiger partial charge in [0.2, 0.25) is 5.95 Å². The van der Waals surface area contributed by atoms with Gasteiger partial charge in [-0.3, -0.25) is 4.79 Å². The van der Waals surface area contributed by atoms with Gasteiger partial charge in [-0.05, 0) is 42.8 Å². The maximum atomic E-state index is 11.7. The van der Waals surface area contributed by atoms with Crippen molar-refractivity contribution in [3.63, 3.8) is 0 Å². The second-order valence-electron chi connectivity index (χ2n) is 5.71. The maximum absolute atomic E-state index is 11.7. The molecule has 0 fully saturated rings. The molecule has 1 amide bonds. The Balaban J connectivity index is 1.83. The molecule has 0 radical (unpaired) electrons. The number of benzene rings is 1. The van der Waals surface area contributed by atoms with Crippen LogP contribution in [0.25, 0.3) is 0 Å². The van der Waals surface area contributed by atoms with Crippen molar-refractivity contribution in [3.8, 4) is 0 Å². The first-order valence-electron chi connectivity index (χ1n) is 8.03. The van der Waals surface area contributed by atoms with Crippen LogP contribution >= 0.6 is 0 Å². The normalized spacial score (nSPS) is 10.5. The summed E-state index contributed by atoms with van der Waals surface area (Å²) in [6, 6.07) is 13.2. The van der Waals surface area contributed by atoms with Crippen LogP contribution < -0.4 is 10.2 Å². The summed E-state index contributed by atoms with van der Waals surface area (Å²) in [5, 5.41) is 2.62. The highest BCUT2D eigenvalue weighted by atomic mass is 16.3. The standard InChI is InChI=1S/C19H20N4O2/c1-14-9-10-21-19(22-14)23(13-17-4-3-11-25-17)12-15-5-7-16(8-6-15)18(24)20-2/h3-11H,12-13H2,1-2H3,(H,20,24). The molecule has 0 aliphatic carbocycles. The third kappa shape index (κ3) is 4.23. The molecule has 0 aliphatic heterocycles. The lowest BCUT2D eigenvalue weighted by molar-refractivity contribution is 0.0963. The molecule has 1 N–H and O–H groups in total. The van der Waals surface area contributed by atoms with Gasteiger partial charge >= 0.3 is 0 Å². The molecule has 0 bridgehead atoms. The van der Waals surface area contributed by atoms with E-state index in [2.05, 4.69) is 15.3 Å². The van der Waals surface area contributed by atoms with E-state index in [1.54, 1.807) is 19.5 Å². The lowest BCUT2D eigenvalue weighted by atomic mass is 10.1. The highest BCUT2D eigenvalue weighted by Gasteiger charge is 2.13. The third-order valence-electron chi connectivity index (χ3n) is 3.81. The van der Waals surface area contributed by atoms with Crippen molar-refractivity contribution in [3.05, 3.63) is 77.5 Å². The topological polar surface area (TPSA) is 71.3 Å². The molecule has 6 nitrogen and oxygen atoms in total. The summed E-state index contributed by atoms with van der Waals surface area (Å²) in [5.41, 5.74) is 2.60. The Morgan fingerprint density at radius 3 is 2.60 bits per heavy atom. The molecule has 3 rings (SSSR count). The van der Waals surface area contributed by atoms with E-state index in [0.29, 0.717) is 24.6 Å². The highest BCUT2D eigenvalue weighted by molar-refractivity contribution is 5.93. The van der Waals surface area contributed by atoms with E-state index in [1.165, 1.54) is 0 Å². The van der Waals surface area contributed by atoms with Gasteiger partial charge in [0.05, 0.1) is 12.8 Å². The molecule has 1 aromatic carbocycles. The van der Waals surface area contributed by atoms with Crippen molar-refractivity contribution in [2.75, 3.05) is 11.9 Å². The quantitative estimate of drug-likeness (QED) is 0.749. The van der Waals surface area contributed by atoms with Gasteiger partial charge in [0.25, 0.3) is 5.91 Å². The summed E-state index contributed by atoms with van der Waals surface area (Å²) in [6.07, 6.45) is 3.41. The van der Waals surface area contributed by atoms with Gasteiger partial charge in [-0.1, -0.05) is 12.1 Å². The summed E-state index contributed by atoms with van der Waals surface area (Å²) < 4.78 is 5.47. The van der Waals surface area contributed by atoms with Crippen LogP contribution in [-0.4, -0.2) is 22.9 Å². The minimum absolute atomic E-state index is 0.0963. The number of hydrogen-bond acceptors (Lipinski definition) is 5. The molecule has 0 aliphatic rings. The van der Waals surface area contributed by atoms with Crippen molar-refractivity contribution < 1.29 is 9.21 Å². The maximum Gasteiger partial charge on any atom is 0.251 e. The van der Waals surface area contributed by atoms with Crippen LogP contribution in [0.3, 0.4) is 0 Å². The van der Waals surface area contributed by atoms with Gasteiger partial charge in [-0.25, -0.2) is 9.97 Å². The van der Waals surface area contributed by atoms with E-state index in [1.807, 2.05) is 54.3 Å². The van der Waals surface area contributed by atoms with Crippen molar-refractivity contribution in [1.29, 1.82) is 0 Å². The zero-order valence-electron chi connectivity index (χ0n) is 14.3. The van der Waals surface area contributed by atoms with E-state index in [-0.39, 0.29) is 5.91 Å². The Labute approximate surface area is 146 Å². The number of carbonyl (C=O) groups is 1. The van der Waals surface area contributed by atoms with E-state index >= 15 is 0 Å². The van der Waals surface area contributed by atoms with E-state index in [4.69, 9.17) is 4.42 Å². The summed E-state index contributed by atoms with van der Waals surface area (Å²) in [4.78, 5) is 22.6. The molecule has 2 aromatic heterocycles. The highest BCUT2D eigenvalue weighted by Crippen LogP contribution is 2.17. The van der Waals surface area contributed by atoms with Gasteiger partial charge in [0.1, 0.15) is 5.76 Å². The van der Waals surface area contributed by atoms with Crippen LogP contribution in [-0.2, 0) is 13.1 Å². The Hall–Kier alpha value is -3.15. The molecule has 6 heteroatoms. The average Bonchev–Trinajstić information content (AvgIpc) is 3.14. The SMILES string of the molecule is CNC(=O)c1ccc(CN(Cc2ccco2)c2nccc(C)n2)cc1. The second kappa shape index (κ2) is 7.61. The van der Waals surface area contributed by atoms with Crippen LogP contribution in [0.15, 0.2) is 59.3 Å². The molecule has 2 heterocycles. The minimum atomic E-state index is -0.0963. The molecular weight excluding hydrogens is 316 g/mol. The number of nitrogens with one attached hydrogen (secondary N) is 1. The summed E-state index contributed by atoms with van der Waals surface area (Å²) in [5.74, 6) is 1.39. The fraction of sp³-hybridized carbons (Fsp3) is 0.211. The molecule has 0 atom stereocenters. The first-order valence-corrected chi connectivity index (χ1v) is 8.03. The van der Waals surface area contributed by atoms with E-state index < -0.39 is 0 Å². The first kappa shape index (κ1) is 16.7. The number of aryl methyl sites for hydroxylation is 1. The van der Waals surface area contributed by atoms with Crippen molar-refractivity contribution >= 4 is 11.9 Å². The third-order valence-corrected chi connectivity index (χ3v) is 3.81. The Bertz CT molecular complexity index is 829. The predicted molar refractivity (Wildman–Crippen MR) is 95.2 cm³/mol. The van der Waals surface area contributed by atoms with E-state index in [9.17, 15) is 4.79 Å². The van der Waals surface area contributed by atoms with E-state index in [0.717, 1.165) is 17.0 Å². The van der Waals surface area contributed by atoms with Gasteiger partial charge < -0.3 is 14.6 Å². The first-order chi connectivity index (χ1) is 12.2. The summed E-state index contributed by atoms with van der Waals surface area (Å²) in [7, 11) is 1.62. The number of aromatic nitrogens is 2. The molecular formula is C19H20N4O2. The number of nitrogens with zero attached hydrogens (tertiary/aromatic N) is 3. The molecule has 0 saturated heterocycles. The van der Waals surface area contributed by atoms with Gasteiger partial charge in [-0.15, -0.1) is 0 Å². The fourth-order valence-corrected chi connectivity index (χ4v) is 2.50. The predicted octanol–water partition coefficient (Wildman–Crippen LogP) is 2.94. The summed E-state index contributed by atoms with van der Waals surface area (Å²) >= 11 is 0. The molecule has 128 valence electrons. The summed E-state index contributed by atoms with van der Waals surface area (Å²) in [6.45, 7) is 3.11. The fourth-order valence-electron chi connectivity index (χ4n) is 2.50. The van der Waals surface area contributed by atoms with Crippen LogP contribution in [0.1, 0.15) is 27.4 Å². The second-order valence-corrected chi connectivity index (χ2v) is 5.71. The largest absolute Gasteiger partial charge is 0.467 e. The zero-order chi connectivity index (χ0) is 17.6. The van der Waals surface area contributed by atoms with Crippen LogP contribution in [0.5, 0.6) is 0 Å². The number of anilines is 1. The lowest BCUT2D eigenvalue weighted by Crippen LogP contribution is -2.24. The zero-order valence-corrected chi connectivity index (χ0v) is 14.3. The Kier molecular flexibility index (Phi) is 5.09. The Morgan fingerprint density at radius 2 is 1.96 bits per heavy atom. The molecule has 25 heavy (non-hydrogen) atoms. The molecule has 3 aromatic rings. The monoisotopic (exact) mass is 336 g/mol. The Morgan fingerprint density at radius 1 is 1.16 bits per heavy atom. The molecule has 0 saturated carbocycles. The minimum Gasteiger partial charge on any atom is -0.467 e. The van der Waals surface area contributed by atoms with Crippen LogP contribution in [0.4, 0.5) is 5.95 Å². The molecule has 0 unspecified atom stereocenters.